The van der Waals surface area contributed by atoms with Crippen molar-refractivity contribution >= 4 is 5.91 Å². The van der Waals surface area contributed by atoms with Crippen molar-refractivity contribution in [3.63, 3.8) is 0 Å². The fourth-order valence-corrected chi connectivity index (χ4v) is 3.63. The molecule has 0 N–H and O–H groups in total. The largest absolute Gasteiger partial charge is 0.381 e. The highest BCUT2D eigenvalue weighted by molar-refractivity contribution is 5.78. The van der Waals surface area contributed by atoms with E-state index >= 15 is 0 Å². The third kappa shape index (κ3) is 3.90. The smallest absolute Gasteiger partial charge is 0.226 e. The summed E-state index contributed by atoms with van der Waals surface area (Å²) in [5.74, 6) is -0.237. The van der Waals surface area contributed by atoms with Crippen molar-refractivity contribution in [2.45, 2.75) is 43.8 Å². The Bertz CT molecular complexity index is 555. The molecule has 3 rings (SSSR count). The number of piperidine rings is 1. The highest BCUT2D eigenvalue weighted by Gasteiger charge is 2.41. The molecular formula is C18H24FNO3. The molecule has 2 heterocycles. The van der Waals surface area contributed by atoms with Crippen LogP contribution in [0.4, 0.5) is 4.39 Å². The van der Waals surface area contributed by atoms with Crippen LogP contribution in [0.2, 0.25) is 0 Å². The van der Waals surface area contributed by atoms with Crippen molar-refractivity contribution in [1.82, 2.24) is 4.90 Å². The number of carbonyl (C=O) groups is 1. The molecule has 4 nitrogen and oxygen atoms in total. The maximum absolute atomic E-state index is 13.2. The van der Waals surface area contributed by atoms with Crippen LogP contribution in [0.3, 0.4) is 0 Å². The van der Waals surface area contributed by atoms with E-state index in [-0.39, 0.29) is 29.9 Å². The lowest BCUT2D eigenvalue weighted by Crippen LogP contribution is -2.52. The highest BCUT2D eigenvalue weighted by Crippen LogP contribution is 2.36. The predicted octanol–water partition coefficient (Wildman–Crippen LogP) is 2.55. The molecule has 1 unspecified atom stereocenters. The molecule has 2 aliphatic rings. The quantitative estimate of drug-likeness (QED) is 0.859. The lowest BCUT2D eigenvalue weighted by Gasteiger charge is -2.45. The standard InChI is InChI=1S/C18H24FNO3/c1-22-16-5-10-23-18(13-16)6-8-20(9-7-18)17(21)12-14-3-2-4-15(19)11-14/h2-4,11,16H,5-10,12-13H2,1H3. The molecule has 2 fully saturated rings. The Morgan fingerprint density at radius 2 is 2.22 bits per heavy atom. The van der Waals surface area contributed by atoms with Gasteiger partial charge in [-0.05, 0) is 37.0 Å². The summed E-state index contributed by atoms with van der Waals surface area (Å²) in [6.07, 6.45) is 4.07. The number of carbonyl (C=O) groups excluding carboxylic acids is 1. The van der Waals surface area contributed by atoms with Crippen molar-refractivity contribution in [1.29, 1.82) is 0 Å². The van der Waals surface area contributed by atoms with Crippen LogP contribution in [-0.2, 0) is 20.7 Å². The second-order valence-electron chi connectivity index (χ2n) is 6.57. The van der Waals surface area contributed by atoms with Crippen LogP contribution in [-0.4, -0.2) is 49.3 Å². The van der Waals surface area contributed by atoms with E-state index in [1.165, 1.54) is 12.1 Å². The van der Waals surface area contributed by atoms with E-state index in [0.717, 1.165) is 37.9 Å². The monoisotopic (exact) mass is 321 g/mol. The normalized spacial score (nSPS) is 23.9. The van der Waals surface area contributed by atoms with E-state index in [9.17, 15) is 9.18 Å². The minimum Gasteiger partial charge on any atom is -0.381 e. The van der Waals surface area contributed by atoms with Crippen LogP contribution >= 0.6 is 0 Å². The first-order chi connectivity index (χ1) is 11.1. The van der Waals surface area contributed by atoms with Crippen LogP contribution in [0.1, 0.15) is 31.2 Å². The molecule has 2 saturated heterocycles. The van der Waals surface area contributed by atoms with Gasteiger partial charge in [-0.15, -0.1) is 0 Å². The summed E-state index contributed by atoms with van der Waals surface area (Å²) in [6.45, 7) is 2.13. The van der Waals surface area contributed by atoms with Crippen LogP contribution in [0, 0.1) is 5.82 Å². The summed E-state index contributed by atoms with van der Waals surface area (Å²) < 4.78 is 24.7. The molecular weight excluding hydrogens is 297 g/mol. The number of hydrogen-bond acceptors (Lipinski definition) is 3. The fourth-order valence-electron chi connectivity index (χ4n) is 3.63. The molecule has 0 aromatic heterocycles. The number of hydrogen-bond donors (Lipinski definition) is 0. The fraction of sp³-hybridized carbons (Fsp3) is 0.611. The maximum atomic E-state index is 13.2. The average Bonchev–Trinajstić information content (AvgIpc) is 2.55. The first-order valence-electron chi connectivity index (χ1n) is 8.29. The van der Waals surface area contributed by atoms with Crippen molar-refractivity contribution in [3.05, 3.63) is 35.6 Å². The van der Waals surface area contributed by atoms with Crippen LogP contribution < -0.4 is 0 Å². The second-order valence-corrected chi connectivity index (χ2v) is 6.57. The van der Waals surface area contributed by atoms with E-state index in [1.807, 2.05) is 4.90 Å². The second kappa shape index (κ2) is 6.97. The van der Waals surface area contributed by atoms with Gasteiger partial charge in [0, 0.05) is 33.2 Å². The van der Waals surface area contributed by atoms with Gasteiger partial charge in [-0.2, -0.15) is 0 Å². The summed E-state index contributed by atoms with van der Waals surface area (Å²) in [6, 6.07) is 6.26. The SMILES string of the molecule is COC1CCOC2(CCN(C(=O)Cc3cccc(F)c3)CC2)C1. The lowest BCUT2D eigenvalue weighted by atomic mass is 9.83. The maximum Gasteiger partial charge on any atom is 0.226 e. The lowest BCUT2D eigenvalue weighted by molar-refractivity contribution is -0.157. The molecule has 126 valence electrons. The van der Waals surface area contributed by atoms with Gasteiger partial charge in [-0.3, -0.25) is 4.79 Å². The Labute approximate surface area is 136 Å². The molecule has 0 radical (unpaired) electrons. The van der Waals surface area contributed by atoms with Crippen molar-refractivity contribution in [3.8, 4) is 0 Å². The minimum atomic E-state index is -0.297. The van der Waals surface area contributed by atoms with Crippen molar-refractivity contribution in [2.75, 3.05) is 26.8 Å². The number of benzene rings is 1. The summed E-state index contributed by atoms with van der Waals surface area (Å²) in [5, 5.41) is 0. The summed E-state index contributed by atoms with van der Waals surface area (Å²) in [4.78, 5) is 14.3. The number of amides is 1. The summed E-state index contributed by atoms with van der Waals surface area (Å²) in [7, 11) is 1.75. The van der Waals surface area contributed by atoms with Gasteiger partial charge in [0.15, 0.2) is 0 Å². The van der Waals surface area contributed by atoms with Gasteiger partial charge in [-0.25, -0.2) is 4.39 Å². The van der Waals surface area contributed by atoms with Gasteiger partial charge >= 0.3 is 0 Å². The molecule has 1 aromatic rings. The van der Waals surface area contributed by atoms with Gasteiger partial charge in [0.05, 0.1) is 18.1 Å². The Morgan fingerprint density at radius 3 is 2.91 bits per heavy atom. The first kappa shape index (κ1) is 16.4. The third-order valence-corrected chi connectivity index (χ3v) is 5.05. The molecule has 5 heteroatoms. The number of halogens is 1. The zero-order valence-electron chi connectivity index (χ0n) is 13.6. The molecule has 1 atom stereocenters. The van der Waals surface area contributed by atoms with Gasteiger partial charge in [0.25, 0.3) is 0 Å². The number of likely N-dealkylation sites (tertiary alicyclic amines) is 1. The van der Waals surface area contributed by atoms with E-state index in [1.54, 1.807) is 19.2 Å². The molecule has 23 heavy (non-hydrogen) atoms. The van der Waals surface area contributed by atoms with E-state index in [4.69, 9.17) is 9.47 Å². The summed E-state index contributed by atoms with van der Waals surface area (Å²) in [5.41, 5.74) is 0.595. The molecule has 1 aromatic carbocycles. The molecule has 2 aliphatic heterocycles. The van der Waals surface area contributed by atoms with Gasteiger partial charge in [0.2, 0.25) is 5.91 Å². The Kier molecular flexibility index (Phi) is 4.97. The van der Waals surface area contributed by atoms with Gasteiger partial charge in [-0.1, -0.05) is 12.1 Å². The Hall–Kier alpha value is -1.46. The van der Waals surface area contributed by atoms with Crippen molar-refractivity contribution < 1.29 is 18.7 Å². The molecule has 1 amide bonds. The van der Waals surface area contributed by atoms with Crippen LogP contribution in [0.5, 0.6) is 0 Å². The number of ether oxygens (including phenoxy) is 2. The molecule has 0 bridgehead atoms. The number of methoxy groups -OCH3 is 1. The van der Waals surface area contributed by atoms with Gasteiger partial charge < -0.3 is 14.4 Å². The Balaban J connectivity index is 1.55. The van der Waals surface area contributed by atoms with E-state index in [2.05, 4.69) is 0 Å². The number of nitrogens with zero attached hydrogens (tertiary/aromatic N) is 1. The topological polar surface area (TPSA) is 38.8 Å². The number of rotatable bonds is 3. The first-order valence-corrected chi connectivity index (χ1v) is 8.29. The minimum absolute atomic E-state index is 0.0598. The molecule has 0 saturated carbocycles. The highest BCUT2D eigenvalue weighted by atomic mass is 19.1. The predicted molar refractivity (Wildman–Crippen MR) is 84.6 cm³/mol. The average molecular weight is 321 g/mol. The van der Waals surface area contributed by atoms with E-state index in [0.29, 0.717) is 13.1 Å². The van der Waals surface area contributed by atoms with Crippen molar-refractivity contribution in [2.24, 2.45) is 0 Å². The molecule has 0 aliphatic carbocycles. The molecule has 1 spiro atoms. The third-order valence-electron chi connectivity index (χ3n) is 5.05. The van der Waals surface area contributed by atoms with Gasteiger partial charge in [0.1, 0.15) is 5.82 Å². The zero-order valence-corrected chi connectivity index (χ0v) is 13.6. The zero-order chi connectivity index (χ0) is 16.3. The summed E-state index contributed by atoms with van der Waals surface area (Å²) >= 11 is 0. The van der Waals surface area contributed by atoms with E-state index < -0.39 is 0 Å². The van der Waals surface area contributed by atoms with Crippen LogP contribution in [0.25, 0.3) is 0 Å². The van der Waals surface area contributed by atoms with Crippen LogP contribution in [0.15, 0.2) is 24.3 Å². The Morgan fingerprint density at radius 1 is 1.43 bits per heavy atom.